The Hall–Kier alpha value is -3.58. The van der Waals surface area contributed by atoms with Gasteiger partial charge in [-0.15, -0.1) is 0 Å². The number of fused-ring (bicyclic) bond motifs is 1. The molecule has 2 aromatic carbocycles. The number of esters is 1. The van der Waals surface area contributed by atoms with Crippen LogP contribution in [0.1, 0.15) is 52.9 Å². The minimum absolute atomic E-state index is 0.271. The maximum atomic E-state index is 12.4. The molecule has 1 unspecified atom stereocenters. The van der Waals surface area contributed by atoms with Crippen LogP contribution in [0.4, 0.5) is 5.69 Å². The van der Waals surface area contributed by atoms with Gasteiger partial charge in [-0.3, -0.25) is 14.6 Å². The van der Waals surface area contributed by atoms with Crippen LogP contribution in [0.25, 0.3) is 0 Å². The normalized spacial score (nSPS) is 16.5. The summed E-state index contributed by atoms with van der Waals surface area (Å²) in [6.07, 6.45) is 4.60. The van der Waals surface area contributed by atoms with Crippen LogP contribution in [0.5, 0.6) is 17.2 Å². The molecule has 2 heterocycles. The summed E-state index contributed by atoms with van der Waals surface area (Å²) in [6.45, 7) is 9.57. The van der Waals surface area contributed by atoms with Gasteiger partial charge in [0.2, 0.25) is 0 Å². The maximum absolute atomic E-state index is 12.4. The van der Waals surface area contributed by atoms with Crippen molar-refractivity contribution < 1.29 is 23.8 Å². The van der Waals surface area contributed by atoms with E-state index in [-0.39, 0.29) is 18.5 Å². The number of anilines is 1. The second-order valence-electron chi connectivity index (χ2n) is 9.29. The van der Waals surface area contributed by atoms with Crippen molar-refractivity contribution >= 4 is 29.2 Å². The summed E-state index contributed by atoms with van der Waals surface area (Å²) in [7, 11) is 0. The quantitative estimate of drug-likeness (QED) is 0.324. The Kier molecular flexibility index (Phi) is 7.22. The van der Waals surface area contributed by atoms with Crippen molar-refractivity contribution in [1.29, 1.82) is 0 Å². The Morgan fingerprint density at radius 2 is 1.94 bits per heavy atom. The van der Waals surface area contributed by atoms with E-state index in [9.17, 15) is 9.59 Å². The highest BCUT2D eigenvalue weighted by molar-refractivity contribution is 6.32. The van der Waals surface area contributed by atoms with Gasteiger partial charge in [-0.2, -0.15) is 0 Å². The van der Waals surface area contributed by atoms with E-state index in [1.54, 1.807) is 36.5 Å². The minimum Gasteiger partial charge on any atom is -0.488 e. The molecule has 0 bridgehead atoms. The fraction of sp³-hybridized carbons (Fsp3) is 0.321. The van der Waals surface area contributed by atoms with Gasteiger partial charge in [0.05, 0.1) is 10.6 Å². The van der Waals surface area contributed by atoms with Gasteiger partial charge in [0, 0.05) is 30.6 Å². The molecule has 0 saturated carbocycles. The van der Waals surface area contributed by atoms with Crippen LogP contribution in [0.3, 0.4) is 0 Å². The van der Waals surface area contributed by atoms with Crippen molar-refractivity contribution in [3.63, 3.8) is 0 Å². The number of amides is 1. The van der Waals surface area contributed by atoms with E-state index in [1.165, 1.54) is 13.1 Å². The molecule has 1 amide bonds. The number of rotatable bonds is 6. The first-order chi connectivity index (χ1) is 17.1. The summed E-state index contributed by atoms with van der Waals surface area (Å²) in [4.78, 5) is 27.9. The molecule has 1 atom stereocenters. The molecule has 1 aliphatic heterocycles. The molecule has 1 aromatic heterocycles. The van der Waals surface area contributed by atoms with Gasteiger partial charge in [-0.25, -0.2) is 0 Å². The van der Waals surface area contributed by atoms with Crippen molar-refractivity contribution in [2.75, 3.05) is 11.9 Å². The summed E-state index contributed by atoms with van der Waals surface area (Å²) in [5, 5.41) is 3.19. The van der Waals surface area contributed by atoms with Crippen LogP contribution in [0.2, 0.25) is 5.02 Å². The van der Waals surface area contributed by atoms with E-state index >= 15 is 0 Å². The van der Waals surface area contributed by atoms with Crippen LogP contribution in [0.15, 0.2) is 42.7 Å². The average Bonchev–Trinajstić information content (AvgIpc) is 2.85. The topological polar surface area (TPSA) is 86.8 Å². The van der Waals surface area contributed by atoms with E-state index < -0.39 is 5.60 Å². The third-order valence-corrected chi connectivity index (χ3v) is 6.75. The fourth-order valence-electron chi connectivity index (χ4n) is 4.31. The number of halogens is 1. The Morgan fingerprint density at radius 3 is 2.61 bits per heavy atom. The predicted molar refractivity (Wildman–Crippen MR) is 138 cm³/mol. The Bertz CT molecular complexity index is 1330. The van der Waals surface area contributed by atoms with Crippen molar-refractivity contribution in [3.05, 3.63) is 75.6 Å². The number of nitrogens with zero attached hydrogens (tertiary/aromatic N) is 1. The molecule has 0 radical (unpaired) electrons. The number of aromatic nitrogens is 1. The van der Waals surface area contributed by atoms with Gasteiger partial charge in [0.25, 0.3) is 5.91 Å². The number of hydrogen-bond donors (Lipinski definition) is 1. The molecule has 1 N–H and O–H groups in total. The molecule has 8 heteroatoms. The lowest BCUT2D eigenvalue weighted by Gasteiger charge is -2.37. The largest absolute Gasteiger partial charge is 0.488 e. The van der Waals surface area contributed by atoms with Crippen molar-refractivity contribution in [2.24, 2.45) is 0 Å². The number of hydrogen-bond acceptors (Lipinski definition) is 6. The number of ether oxygens (including phenoxy) is 3. The number of carbonyl (C=O) groups excluding carboxylic acids is 2. The number of benzene rings is 2. The highest BCUT2D eigenvalue weighted by atomic mass is 35.5. The molecule has 0 aliphatic carbocycles. The summed E-state index contributed by atoms with van der Waals surface area (Å²) >= 11 is 6.46. The molecule has 4 rings (SSSR count). The highest BCUT2D eigenvalue weighted by Gasteiger charge is 2.36. The first kappa shape index (κ1) is 25.5. The summed E-state index contributed by atoms with van der Waals surface area (Å²) in [5.41, 5.74) is 4.26. The van der Waals surface area contributed by atoms with Crippen LogP contribution in [-0.4, -0.2) is 29.1 Å². The van der Waals surface area contributed by atoms with Crippen LogP contribution >= 0.6 is 11.6 Å². The molecule has 0 saturated heterocycles. The molecule has 36 heavy (non-hydrogen) atoms. The molecule has 0 spiro atoms. The molecule has 188 valence electrons. The van der Waals surface area contributed by atoms with E-state index in [0.717, 1.165) is 40.8 Å². The smallest absolute Gasteiger partial charge is 0.308 e. The van der Waals surface area contributed by atoms with E-state index in [1.807, 2.05) is 27.7 Å². The van der Waals surface area contributed by atoms with Crippen molar-refractivity contribution in [2.45, 2.75) is 53.1 Å². The van der Waals surface area contributed by atoms with Crippen LogP contribution in [-0.2, 0) is 11.2 Å². The number of nitrogens with one attached hydrogen (secondary N) is 1. The van der Waals surface area contributed by atoms with Gasteiger partial charge >= 0.3 is 5.97 Å². The first-order valence-electron chi connectivity index (χ1n) is 11.7. The lowest BCUT2D eigenvalue weighted by atomic mass is 9.87. The molecular formula is C28H29ClN2O5. The zero-order valence-corrected chi connectivity index (χ0v) is 21.8. The number of pyridine rings is 1. The zero-order chi connectivity index (χ0) is 26.0. The maximum Gasteiger partial charge on any atom is 0.308 e. The second-order valence-corrected chi connectivity index (χ2v) is 9.69. The Balaban J connectivity index is 1.46. The summed E-state index contributed by atoms with van der Waals surface area (Å²) in [6, 6.07) is 8.51. The first-order valence-corrected chi connectivity index (χ1v) is 12.1. The predicted octanol–water partition coefficient (Wildman–Crippen LogP) is 6.00. The fourth-order valence-corrected chi connectivity index (χ4v) is 4.54. The van der Waals surface area contributed by atoms with Gasteiger partial charge in [-0.05, 0) is 87.6 Å². The molecule has 7 nitrogen and oxygen atoms in total. The molecule has 1 aliphatic rings. The lowest BCUT2D eigenvalue weighted by molar-refractivity contribution is -0.132. The third-order valence-electron chi connectivity index (χ3n) is 6.46. The van der Waals surface area contributed by atoms with Crippen molar-refractivity contribution in [3.8, 4) is 17.2 Å². The standard InChI is InChI=1S/C28H29ClN2O5/c1-16-17(2)26-22(18(3)25(16)35-19(4)32)10-11-28(5,36-26)15-34-24-9-8-21(13-23(24)29)31-27(33)20-7-6-12-30-14-20/h6-9,12-14H,10-11,15H2,1-5H3,(H,31,33). The van der Waals surface area contributed by atoms with E-state index in [2.05, 4.69) is 10.3 Å². The van der Waals surface area contributed by atoms with E-state index in [4.69, 9.17) is 25.8 Å². The molecule has 0 fully saturated rings. The van der Waals surface area contributed by atoms with Gasteiger partial charge in [0.1, 0.15) is 29.5 Å². The monoisotopic (exact) mass is 508 g/mol. The lowest BCUT2D eigenvalue weighted by Crippen LogP contribution is -2.42. The summed E-state index contributed by atoms with van der Waals surface area (Å²) < 4.78 is 18.0. The van der Waals surface area contributed by atoms with Gasteiger partial charge in [0.15, 0.2) is 0 Å². The van der Waals surface area contributed by atoms with Crippen LogP contribution < -0.4 is 19.5 Å². The Labute approximate surface area is 215 Å². The molecular weight excluding hydrogens is 480 g/mol. The SMILES string of the molecule is CC(=O)Oc1c(C)c(C)c2c(c1C)CCC(C)(COc1ccc(NC(=O)c3cccnc3)cc1Cl)O2. The second kappa shape index (κ2) is 10.2. The van der Waals surface area contributed by atoms with E-state index in [0.29, 0.717) is 27.8 Å². The zero-order valence-electron chi connectivity index (χ0n) is 21.0. The minimum atomic E-state index is -0.573. The van der Waals surface area contributed by atoms with Crippen molar-refractivity contribution in [1.82, 2.24) is 4.98 Å². The highest BCUT2D eigenvalue weighted by Crippen LogP contribution is 2.44. The number of carbonyl (C=O) groups is 2. The van der Waals surface area contributed by atoms with Crippen LogP contribution in [0, 0.1) is 20.8 Å². The summed E-state index contributed by atoms with van der Waals surface area (Å²) in [5.74, 6) is 1.32. The van der Waals surface area contributed by atoms with Gasteiger partial charge < -0.3 is 19.5 Å². The third kappa shape index (κ3) is 5.31. The average molecular weight is 509 g/mol. The Morgan fingerprint density at radius 1 is 1.17 bits per heavy atom. The molecule has 3 aromatic rings. The van der Waals surface area contributed by atoms with Gasteiger partial charge in [-0.1, -0.05) is 11.6 Å².